The summed E-state index contributed by atoms with van der Waals surface area (Å²) in [5.41, 5.74) is 0. The fourth-order valence-electron chi connectivity index (χ4n) is 1.21. The maximum absolute atomic E-state index is 11.0. The lowest BCUT2D eigenvalue weighted by Crippen LogP contribution is -2.45. The van der Waals surface area contributed by atoms with E-state index in [1.165, 1.54) is 0 Å². The number of hydrogen-bond donors (Lipinski definition) is 1. The van der Waals surface area contributed by atoms with E-state index in [9.17, 15) is 4.79 Å². The van der Waals surface area contributed by atoms with Gasteiger partial charge in [0.05, 0.1) is 13.0 Å². The second-order valence-corrected chi connectivity index (χ2v) is 2.77. The first-order valence-corrected chi connectivity index (χ1v) is 4.36. The predicted molar refractivity (Wildman–Crippen MR) is 44.9 cm³/mol. The summed E-state index contributed by atoms with van der Waals surface area (Å²) in [5.74, 6) is -0.144. The third kappa shape index (κ3) is 3.19. The van der Waals surface area contributed by atoms with Crippen molar-refractivity contribution >= 4 is 5.97 Å². The molecule has 0 saturated carbocycles. The molecule has 1 rings (SSSR count). The quantitative estimate of drug-likeness (QED) is 0.583. The van der Waals surface area contributed by atoms with Crippen molar-refractivity contribution in [3.8, 4) is 0 Å². The molecular formula is C8H15N2O2. The second-order valence-electron chi connectivity index (χ2n) is 2.77. The highest BCUT2D eigenvalue weighted by Gasteiger charge is 2.17. The molecule has 1 unspecified atom stereocenters. The molecule has 0 aliphatic carbocycles. The zero-order valence-corrected chi connectivity index (χ0v) is 7.38. The average Bonchev–Trinajstić information content (AvgIpc) is 2.06. The molecule has 0 bridgehead atoms. The fraction of sp³-hybridized carbons (Fsp3) is 0.875. The van der Waals surface area contributed by atoms with E-state index in [4.69, 9.17) is 4.74 Å². The van der Waals surface area contributed by atoms with Gasteiger partial charge in [0.1, 0.15) is 0 Å². The molecule has 1 aliphatic heterocycles. The SMILES string of the molecule is CCOC(=O)CC1CNCC[N]1. The maximum atomic E-state index is 11.0. The Labute approximate surface area is 72.7 Å². The molecule has 0 amide bonds. The number of piperazine rings is 1. The highest BCUT2D eigenvalue weighted by atomic mass is 16.5. The van der Waals surface area contributed by atoms with Crippen LogP contribution in [0, 0.1) is 0 Å². The Kier molecular flexibility index (Phi) is 4.04. The van der Waals surface area contributed by atoms with Gasteiger partial charge in [0, 0.05) is 25.7 Å². The van der Waals surface area contributed by atoms with Crippen LogP contribution in [0.15, 0.2) is 0 Å². The van der Waals surface area contributed by atoms with Crippen molar-refractivity contribution in [3.63, 3.8) is 0 Å². The van der Waals surface area contributed by atoms with Crippen LogP contribution in [0.3, 0.4) is 0 Å². The largest absolute Gasteiger partial charge is 0.466 e. The second kappa shape index (κ2) is 5.11. The third-order valence-electron chi connectivity index (χ3n) is 1.76. The summed E-state index contributed by atoms with van der Waals surface area (Å²) in [6.07, 6.45) is 0.418. The Hall–Kier alpha value is -0.610. The Bertz CT molecular complexity index is 144. The van der Waals surface area contributed by atoms with E-state index in [1.54, 1.807) is 0 Å². The smallest absolute Gasteiger partial charge is 0.307 e. The van der Waals surface area contributed by atoms with Gasteiger partial charge in [0.2, 0.25) is 0 Å². The summed E-state index contributed by atoms with van der Waals surface area (Å²) in [4.78, 5) is 11.0. The van der Waals surface area contributed by atoms with E-state index in [2.05, 4.69) is 10.6 Å². The number of carbonyl (C=O) groups is 1. The number of hydrogen-bond acceptors (Lipinski definition) is 3. The number of nitrogens with zero attached hydrogens (tertiary/aromatic N) is 1. The number of nitrogens with one attached hydrogen (secondary N) is 1. The van der Waals surface area contributed by atoms with Crippen LogP contribution in [0.5, 0.6) is 0 Å². The van der Waals surface area contributed by atoms with Crippen molar-refractivity contribution in [2.45, 2.75) is 19.4 Å². The van der Waals surface area contributed by atoms with E-state index in [0.29, 0.717) is 13.0 Å². The summed E-state index contributed by atoms with van der Waals surface area (Å²) >= 11 is 0. The van der Waals surface area contributed by atoms with Crippen LogP contribution in [0.1, 0.15) is 13.3 Å². The Morgan fingerprint density at radius 1 is 1.75 bits per heavy atom. The molecule has 12 heavy (non-hydrogen) atoms. The molecule has 4 heteroatoms. The van der Waals surface area contributed by atoms with E-state index < -0.39 is 0 Å². The van der Waals surface area contributed by atoms with E-state index >= 15 is 0 Å². The molecule has 0 spiro atoms. The monoisotopic (exact) mass is 171 g/mol. The first kappa shape index (κ1) is 9.48. The van der Waals surface area contributed by atoms with Crippen molar-refractivity contribution < 1.29 is 9.53 Å². The highest BCUT2D eigenvalue weighted by Crippen LogP contribution is 1.97. The minimum Gasteiger partial charge on any atom is -0.466 e. The van der Waals surface area contributed by atoms with Crippen molar-refractivity contribution in [3.05, 3.63) is 0 Å². The van der Waals surface area contributed by atoms with Crippen LogP contribution < -0.4 is 10.6 Å². The minimum atomic E-state index is -0.144. The van der Waals surface area contributed by atoms with Gasteiger partial charge in [-0.25, -0.2) is 5.32 Å². The summed E-state index contributed by atoms with van der Waals surface area (Å²) in [7, 11) is 0. The van der Waals surface area contributed by atoms with Gasteiger partial charge in [0.25, 0.3) is 0 Å². The number of carbonyl (C=O) groups excluding carboxylic acids is 1. The van der Waals surface area contributed by atoms with E-state index in [0.717, 1.165) is 19.6 Å². The van der Waals surface area contributed by atoms with Gasteiger partial charge < -0.3 is 10.1 Å². The first-order chi connectivity index (χ1) is 5.83. The standard InChI is InChI=1S/C8H15N2O2/c1-2-12-8(11)5-7-6-9-3-4-10-7/h7,9H,2-6H2,1H3. The van der Waals surface area contributed by atoms with Crippen LogP contribution >= 0.6 is 0 Å². The number of esters is 1. The molecule has 0 aromatic carbocycles. The molecule has 1 fully saturated rings. The Morgan fingerprint density at radius 2 is 2.58 bits per heavy atom. The van der Waals surface area contributed by atoms with Crippen LogP contribution in [0.4, 0.5) is 0 Å². The molecule has 1 atom stereocenters. The lowest BCUT2D eigenvalue weighted by Gasteiger charge is -2.21. The van der Waals surface area contributed by atoms with Crippen molar-refractivity contribution in [1.82, 2.24) is 10.6 Å². The van der Waals surface area contributed by atoms with Gasteiger partial charge in [0.15, 0.2) is 0 Å². The zero-order valence-electron chi connectivity index (χ0n) is 7.38. The van der Waals surface area contributed by atoms with Crippen molar-refractivity contribution in [2.75, 3.05) is 26.2 Å². The van der Waals surface area contributed by atoms with Gasteiger partial charge in [-0.1, -0.05) is 0 Å². The normalized spacial score (nSPS) is 23.6. The number of ether oxygens (including phenoxy) is 1. The molecule has 0 aromatic heterocycles. The molecule has 1 N–H and O–H groups in total. The Balaban J connectivity index is 2.15. The molecule has 69 valence electrons. The lowest BCUT2D eigenvalue weighted by molar-refractivity contribution is -0.143. The van der Waals surface area contributed by atoms with Crippen molar-refractivity contribution in [1.29, 1.82) is 0 Å². The molecule has 1 radical (unpaired) electrons. The molecule has 1 heterocycles. The van der Waals surface area contributed by atoms with Crippen LogP contribution in [0.2, 0.25) is 0 Å². The first-order valence-electron chi connectivity index (χ1n) is 4.36. The summed E-state index contributed by atoms with van der Waals surface area (Å²) in [5, 5.41) is 7.47. The fourth-order valence-corrected chi connectivity index (χ4v) is 1.21. The molecule has 4 nitrogen and oxygen atoms in total. The molecule has 1 aliphatic rings. The van der Waals surface area contributed by atoms with Crippen LogP contribution in [-0.2, 0) is 9.53 Å². The lowest BCUT2D eigenvalue weighted by atomic mass is 10.2. The summed E-state index contributed by atoms with van der Waals surface area (Å²) < 4.78 is 4.82. The summed E-state index contributed by atoms with van der Waals surface area (Å²) in [6.45, 7) is 4.81. The topological polar surface area (TPSA) is 52.4 Å². The third-order valence-corrected chi connectivity index (χ3v) is 1.76. The van der Waals surface area contributed by atoms with Crippen LogP contribution in [-0.4, -0.2) is 38.3 Å². The van der Waals surface area contributed by atoms with Gasteiger partial charge in [-0.15, -0.1) is 0 Å². The maximum Gasteiger partial charge on any atom is 0.307 e. The van der Waals surface area contributed by atoms with E-state index in [-0.39, 0.29) is 12.0 Å². The highest BCUT2D eigenvalue weighted by molar-refractivity contribution is 5.70. The Morgan fingerprint density at radius 3 is 3.17 bits per heavy atom. The molecule has 0 aromatic rings. The molecule has 1 saturated heterocycles. The van der Waals surface area contributed by atoms with Crippen molar-refractivity contribution in [2.24, 2.45) is 0 Å². The average molecular weight is 171 g/mol. The number of rotatable bonds is 3. The predicted octanol–water partition coefficient (Wildman–Crippen LogP) is -0.484. The minimum absolute atomic E-state index is 0.123. The van der Waals surface area contributed by atoms with Gasteiger partial charge in [-0.2, -0.15) is 0 Å². The summed E-state index contributed by atoms with van der Waals surface area (Å²) in [6, 6.07) is 0.123. The molecular weight excluding hydrogens is 156 g/mol. The van der Waals surface area contributed by atoms with Gasteiger partial charge >= 0.3 is 5.97 Å². The van der Waals surface area contributed by atoms with Gasteiger partial charge in [-0.05, 0) is 6.92 Å². The van der Waals surface area contributed by atoms with E-state index in [1.807, 2.05) is 6.92 Å². The van der Waals surface area contributed by atoms with Crippen LogP contribution in [0.25, 0.3) is 0 Å². The zero-order chi connectivity index (χ0) is 8.81. The van der Waals surface area contributed by atoms with Gasteiger partial charge in [-0.3, -0.25) is 4.79 Å².